The van der Waals surface area contributed by atoms with Crippen LogP contribution in [0.15, 0.2) is 48.9 Å². The smallest absolute Gasteiger partial charge is 0.243 e. The van der Waals surface area contributed by atoms with Crippen LogP contribution in [0.4, 0.5) is 10.1 Å². The number of hydrogen-bond donors (Lipinski definition) is 2. The third-order valence-corrected chi connectivity index (χ3v) is 4.86. The Bertz CT molecular complexity index is 843. The molecule has 2 aromatic rings. The Labute approximate surface area is 170 Å². The van der Waals surface area contributed by atoms with Gasteiger partial charge in [0.05, 0.1) is 17.3 Å². The fourth-order valence-electron chi connectivity index (χ4n) is 2.88. The zero-order valence-electron chi connectivity index (χ0n) is 16.4. The Balaban J connectivity index is 2.21. The number of likely N-dealkylation sites (N-methyl/N-ethyl adjacent to an activating group) is 1. The topological polar surface area (TPSA) is 57.3 Å². The molecule has 0 saturated carbocycles. The van der Waals surface area contributed by atoms with Crippen LogP contribution in [-0.2, 0) is 4.79 Å². The summed E-state index contributed by atoms with van der Waals surface area (Å²) in [7, 11) is 1.82. The van der Waals surface area contributed by atoms with Crippen molar-refractivity contribution in [3.63, 3.8) is 0 Å². The quantitative estimate of drug-likeness (QED) is 0.653. The van der Waals surface area contributed by atoms with Crippen LogP contribution in [-0.4, -0.2) is 42.0 Å². The Hall–Kier alpha value is -2.44. The monoisotopic (exact) mass is 404 g/mol. The summed E-state index contributed by atoms with van der Waals surface area (Å²) in [5.41, 5.74) is 1.75. The molecule has 2 rings (SSSR count). The van der Waals surface area contributed by atoms with E-state index in [9.17, 15) is 4.79 Å². The average Bonchev–Trinajstić information content (AvgIpc) is 2.68. The lowest BCUT2D eigenvalue weighted by molar-refractivity contribution is -0.117. The van der Waals surface area contributed by atoms with E-state index in [1.165, 1.54) is 12.3 Å². The van der Waals surface area contributed by atoms with Gasteiger partial charge in [-0.15, -0.1) is 0 Å². The Kier molecular flexibility index (Phi) is 7.96. The Morgan fingerprint density at radius 1 is 1.36 bits per heavy atom. The molecule has 150 valence electrons. The van der Waals surface area contributed by atoms with Crippen LogP contribution in [0.5, 0.6) is 0 Å². The van der Waals surface area contributed by atoms with Crippen LogP contribution in [0, 0.1) is 5.82 Å². The molecule has 0 fully saturated rings. The highest BCUT2D eigenvalue weighted by Gasteiger charge is 2.19. The highest BCUT2D eigenvalue weighted by atomic mass is 35.5. The van der Waals surface area contributed by atoms with Crippen molar-refractivity contribution in [2.24, 2.45) is 0 Å². The minimum atomic E-state index is -0.534. The summed E-state index contributed by atoms with van der Waals surface area (Å²) in [6, 6.07) is 6.60. The van der Waals surface area contributed by atoms with Gasteiger partial charge in [-0.2, -0.15) is 0 Å². The van der Waals surface area contributed by atoms with Gasteiger partial charge in [0.1, 0.15) is 0 Å². The standard InChI is InChI=1S/C21H26ClFN4O/c1-5-14(2)27(15(3)11-24-4)13-20(28)26-19-8-6-7-17(21(19)23)16-9-10-25-12-18(16)22/h6-10,12,14,24H,3,5,11,13H2,1-2,4H3,(H,26,28)/t14-/m1/s1. The van der Waals surface area contributed by atoms with E-state index >= 15 is 4.39 Å². The average molecular weight is 405 g/mol. The normalized spacial score (nSPS) is 11.8. The van der Waals surface area contributed by atoms with Crippen molar-refractivity contribution in [2.45, 2.75) is 26.3 Å². The van der Waals surface area contributed by atoms with Gasteiger partial charge in [-0.25, -0.2) is 4.39 Å². The zero-order chi connectivity index (χ0) is 20.7. The number of halogens is 2. The molecule has 0 radical (unpaired) electrons. The molecule has 2 N–H and O–H groups in total. The van der Waals surface area contributed by atoms with Crippen molar-refractivity contribution in [3.05, 3.63) is 59.8 Å². The van der Waals surface area contributed by atoms with E-state index in [0.717, 1.165) is 12.1 Å². The van der Waals surface area contributed by atoms with E-state index in [-0.39, 0.29) is 24.2 Å². The van der Waals surface area contributed by atoms with E-state index in [0.29, 0.717) is 22.7 Å². The van der Waals surface area contributed by atoms with Crippen LogP contribution in [0.2, 0.25) is 5.02 Å². The summed E-state index contributed by atoms with van der Waals surface area (Å²) >= 11 is 6.13. The number of rotatable bonds is 9. The predicted octanol–water partition coefficient (Wildman–Crippen LogP) is 4.31. The molecule has 1 atom stereocenters. The maximum absolute atomic E-state index is 15.0. The van der Waals surface area contributed by atoms with Crippen molar-refractivity contribution >= 4 is 23.2 Å². The molecular formula is C21H26ClFN4O. The minimum absolute atomic E-state index is 0.0925. The fraction of sp³-hybridized carbons (Fsp3) is 0.333. The van der Waals surface area contributed by atoms with Gasteiger partial charge in [-0.05, 0) is 32.5 Å². The number of anilines is 1. The molecule has 5 nitrogen and oxygen atoms in total. The first-order valence-electron chi connectivity index (χ1n) is 9.16. The zero-order valence-corrected chi connectivity index (χ0v) is 17.2. The molecule has 7 heteroatoms. The van der Waals surface area contributed by atoms with Gasteiger partial charge in [0.2, 0.25) is 5.91 Å². The highest BCUT2D eigenvalue weighted by molar-refractivity contribution is 6.33. The van der Waals surface area contributed by atoms with Gasteiger partial charge < -0.3 is 15.5 Å². The molecule has 0 bridgehead atoms. The third-order valence-electron chi connectivity index (χ3n) is 4.56. The maximum atomic E-state index is 15.0. The minimum Gasteiger partial charge on any atom is -0.362 e. The fourth-order valence-corrected chi connectivity index (χ4v) is 3.10. The van der Waals surface area contributed by atoms with E-state index < -0.39 is 5.82 Å². The van der Waals surface area contributed by atoms with Crippen LogP contribution < -0.4 is 10.6 Å². The van der Waals surface area contributed by atoms with Crippen molar-refractivity contribution in [1.29, 1.82) is 0 Å². The molecule has 0 aliphatic heterocycles. The highest BCUT2D eigenvalue weighted by Crippen LogP contribution is 2.32. The second kappa shape index (κ2) is 10.2. The summed E-state index contributed by atoms with van der Waals surface area (Å²) in [5.74, 6) is -0.845. The van der Waals surface area contributed by atoms with Gasteiger partial charge in [0.25, 0.3) is 0 Å². The van der Waals surface area contributed by atoms with Gasteiger partial charge in [-0.3, -0.25) is 9.78 Å². The molecule has 28 heavy (non-hydrogen) atoms. The summed E-state index contributed by atoms with van der Waals surface area (Å²) in [6.45, 7) is 8.78. The molecule has 0 spiro atoms. The van der Waals surface area contributed by atoms with Crippen molar-refractivity contribution < 1.29 is 9.18 Å². The second-order valence-corrected chi connectivity index (χ2v) is 6.96. The van der Waals surface area contributed by atoms with Gasteiger partial charge in [0, 0.05) is 41.8 Å². The first-order chi connectivity index (χ1) is 13.4. The molecule has 1 amide bonds. The van der Waals surface area contributed by atoms with Gasteiger partial charge >= 0.3 is 0 Å². The molecule has 0 unspecified atom stereocenters. The van der Waals surface area contributed by atoms with Crippen LogP contribution in [0.25, 0.3) is 11.1 Å². The maximum Gasteiger partial charge on any atom is 0.243 e. The lowest BCUT2D eigenvalue weighted by Gasteiger charge is -2.31. The van der Waals surface area contributed by atoms with Crippen LogP contribution in [0.1, 0.15) is 20.3 Å². The number of carbonyl (C=O) groups excluding carboxylic acids is 1. The first kappa shape index (κ1) is 21.9. The summed E-state index contributed by atoms with van der Waals surface area (Å²) in [5, 5.41) is 6.05. The van der Waals surface area contributed by atoms with Crippen molar-refractivity contribution in [2.75, 3.05) is 25.5 Å². The first-order valence-corrected chi connectivity index (χ1v) is 9.54. The Morgan fingerprint density at radius 3 is 2.75 bits per heavy atom. The molecule has 1 aromatic carbocycles. The Morgan fingerprint density at radius 2 is 2.11 bits per heavy atom. The van der Waals surface area contributed by atoms with Crippen molar-refractivity contribution in [3.8, 4) is 11.1 Å². The molecule has 0 aliphatic rings. The van der Waals surface area contributed by atoms with E-state index in [4.69, 9.17) is 11.6 Å². The number of aromatic nitrogens is 1. The molecule has 0 saturated heterocycles. The number of nitrogens with one attached hydrogen (secondary N) is 2. The van der Waals surface area contributed by atoms with Gasteiger partial charge in [0.15, 0.2) is 5.82 Å². The molecule has 1 aromatic heterocycles. The number of nitrogens with zero attached hydrogens (tertiary/aromatic N) is 2. The lowest BCUT2D eigenvalue weighted by Crippen LogP contribution is -2.40. The summed E-state index contributed by atoms with van der Waals surface area (Å²) in [6.07, 6.45) is 3.86. The third kappa shape index (κ3) is 5.30. The number of hydrogen-bond acceptors (Lipinski definition) is 4. The molecule has 0 aliphatic carbocycles. The largest absolute Gasteiger partial charge is 0.362 e. The van der Waals surface area contributed by atoms with E-state index in [1.807, 2.05) is 25.8 Å². The molecular weight excluding hydrogens is 379 g/mol. The van der Waals surface area contributed by atoms with Crippen molar-refractivity contribution in [1.82, 2.24) is 15.2 Å². The van der Waals surface area contributed by atoms with E-state index in [1.54, 1.807) is 24.4 Å². The number of amides is 1. The van der Waals surface area contributed by atoms with E-state index in [2.05, 4.69) is 22.2 Å². The number of carbonyl (C=O) groups is 1. The SMILES string of the molecule is C=C(CNC)N(CC(=O)Nc1cccc(-c2ccncc2Cl)c1F)[C@H](C)CC. The summed E-state index contributed by atoms with van der Waals surface area (Å²) in [4.78, 5) is 18.4. The second-order valence-electron chi connectivity index (χ2n) is 6.55. The van der Waals surface area contributed by atoms with Gasteiger partial charge in [-0.1, -0.05) is 37.2 Å². The van der Waals surface area contributed by atoms with Crippen LogP contribution >= 0.6 is 11.6 Å². The van der Waals surface area contributed by atoms with Crippen LogP contribution in [0.3, 0.4) is 0 Å². The summed E-state index contributed by atoms with van der Waals surface area (Å²) < 4.78 is 15.0. The number of benzene rings is 1. The number of pyridine rings is 1. The lowest BCUT2D eigenvalue weighted by atomic mass is 10.1. The predicted molar refractivity (Wildman–Crippen MR) is 113 cm³/mol. The molecule has 1 heterocycles.